The lowest BCUT2D eigenvalue weighted by Crippen LogP contribution is -2.31. The van der Waals surface area contributed by atoms with Crippen LogP contribution in [0.1, 0.15) is 23.2 Å². The Balaban J connectivity index is 1.78. The maximum absolute atomic E-state index is 13.6. The van der Waals surface area contributed by atoms with Crippen molar-refractivity contribution >= 4 is 38.6 Å². The van der Waals surface area contributed by atoms with Crippen molar-refractivity contribution in [2.75, 3.05) is 15.7 Å². The Morgan fingerprint density at radius 1 is 1.23 bits per heavy atom. The molecule has 30 heavy (non-hydrogen) atoms. The van der Waals surface area contributed by atoms with Crippen molar-refractivity contribution in [1.82, 2.24) is 4.98 Å². The van der Waals surface area contributed by atoms with E-state index < -0.39 is 15.8 Å². The molecule has 0 saturated heterocycles. The Labute approximate surface area is 178 Å². The first-order valence-electron chi connectivity index (χ1n) is 9.36. The van der Waals surface area contributed by atoms with E-state index >= 15 is 0 Å². The average Bonchev–Trinajstić information content (AvgIpc) is 3.32. The topological polar surface area (TPSA) is 70.6 Å². The molecule has 0 fully saturated rings. The van der Waals surface area contributed by atoms with Crippen molar-refractivity contribution in [3.8, 4) is 0 Å². The number of aryl methyl sites for hydroxylation is 1. The van der Waals surface area contributed by atoms with Crippen LogP contribution in [0.2, 0.25) is 0 Å². The summed E-state index contributed by atoms with van der Waals surface area (Å²) in [5, 5.41) is 2.64. The van der Waals surface area contributed by atoms with Gasteiger partial charge in [-0.15, -0.1) is 11.3 Å². The zero-order valence-electron chi connectivity index (χ0n) is 16.5. The largest absolute Gasteiger partial charge is 0.312 e. The van der Waals surface area contributed by atoms with Crippen molar-refractivity contribution in [3.63, 3.8) is 0 Å². The molecule has 0 unspecified atom stereocenters. The summed E-state index contributed by atoms with van der Waals surface area (Å²) in [4.78, 5) is 18.0. The van der Waals surface area contributed by atoms with E-state index in [2.05, 4.69) is 4.98 Å². The number of nitrogens with zero attached hydrogens (tertiary/aromatic N) is 3. The third kappa shape index (κ3) is 3.82. The molecule has 6 nitrogen and oxygen atoms in total. The summed E-state index contributed by atoms with van der Waals surface area (Å²) < 4.78 is 41.9. The average molecular weight is 446 g/mol. The maximum atomic E-state index is 13.6. The van der Waals surface area contributed by atoms with Gasteiger partial charge in [0.25, 0.3) is 10.0 Å². The Morgan fingerprint density at radius 3 is 2.60 bits per heavy atom. The highest BCUT2D eigenvalue weighted by Gasteiger charge is 2.29. The van der Waals surface area contributed by atoms with Gasteiger partial charge in [0.15, 0.2) is 0 Å². The molecular formula is C21H20FN3O3S2. The van der Waals surface area contributed by atoms with Gasteiger partial charge in [-0.3, -0.25) is 9.10 Å². The first kappa shape index (κ1) is 20.5. The SMILES string of the molecule is CC(=O)N1CCc2ccc(S(=O)(=O)N(Cc3csc(C)n3)c3ccc(F)cc3)cc21. The number of sulfonamides is 1. The fourth-order valence-corrected chi connectivity index (χ4v) is 5.58. The first-order valence-corrected chi connectivity index (χ1v) is 11.7. The normalized spacial score (nSPS) is 13.4. The molecule has 0 atom stereocenters. The van der Waals surface area contributed by atoms with E-state index in [-0.39, 0.29) is 17.3 Å². The lowest BCUT2D eigenvalue weighted by molar-refractivity contribution is -0.116. The van der Waals surface area contributed by atoms with Crippen LogP contribution in [0.15, 0.2) is 52.7 Å². The Kier molecular flexibility index (Phi) is 5.33. The molecule has 0 radical (unpaired) electrons. The predicted octanol–water partition coefficient (Wildman–Crippen LogP) is 3.90. The number of carbonyl (C=O) groups excluding carboxylic acids is 1. The van der Waals surface area contributed by atoms with Gasteiger partial charge in [0, 0.05) is 24.5 Å². The molecular weight excluding hydrogens is 425 g/mol. The molecule has 1 aromatic heterocycles. The molecule has 0 bridgehead atoms. The smallest absolute Gasteiger partial charge is 0.264 e. The second-order valence-electron chi connectivity index (χ2n) is 7.06. The quantitative estimate of drug-likeness (QED) is 0.597. The minimum atomic E-state index is -3.99. The standard InChI is InChI=1S/C21H20FN3O3S2/c1-14-23-18(13-29-14)12-25(19-6-4-17(22)5-7-19)30(27,28)20-8-3-16-9-10-24(15(2)26)21(16)11-20/h3-8,11,13H,9-10,12H2,1-2H3. The molecule has 1 aliphatic heterocycles. The molecule has 2 aromatic carbocycles. The fraction of sp³-hybridized carbons (Fsp3) is 0.238. The van der Waals surface area contributed by atoms with Crippen LogP contribution < -0.4 is 9.21 Å². The Bertz CT molecular complexity index is 1210. The van der Waals surface area contributed by atoms with Gasteiger partial charge in [-0.25, -0.2) is 17.8 Å². The summed E-state index contributed by atoms with van der Waals surface area (Å²) >= 11 is 1.43. The minimum absolute atomic E-state index is 0.0197. The number of rotatable bonds is 5. The third-order valence-electron chi connectivity index (χ3n) is 5.01. The number of benzene rings is 2. The van der Waals surface area contributed by atoms with Crippen LogP contribution >= 0.6 is 11.3 Å². The number of halogens is 1. The molecule has 156 valence electrons. The molecule has 0 spiro atoms. The minimum Gasteiger partial charge on any atom is -0.312 e. The van der Waals surface area contributed by atoms with Crippen LogP contribution in [0.4, 0.5) is 15.8 Å². The second-order valence-corrected chi connectivity index (χ2v) is 9.98. The van der Waals surface area contributed by atoms with E-state index in [4.69, 9.17) is 0 Å². The Morgan fingerprint density at radius 2 is 1.97 bits per heavy atom. The van der Waals surface area contributed by atoms with Gasteiger partial charge in [-0.05, 0) is 55.3 Å². The van der Waals surface area contributed by atoms with Crippen molar-refractivity contribution < 1.29 is 17.6 Å². The summed E-state index contributed by atoms with van der Waals surface area (Å²) in [6, 6.07) is 10.2. The van der Waals surface area contributed by atoms with Gasteiger partial charge < -0.3 is 4.90 Å². The summed E-state index contributed by atoms with van der Waals surface area (Å²) in [5.41, 5.74) is 2.50. The van der Waals surface area contributed by atoms with Crippen LogP contribution in [0.25, 0.3) is 0 Å². The second kappa shape index (κ2) is 7.81. The lowest BCUT2D eigenvalue weighted by atomic mass is 10.2. The van der Waals surface area contributed by atoms with Crippen molar-refractivity contribution in [2.24, 2.45) is 0 Å². The van der Waals surface area contributed by atoms with Crippen LogP contribution in [-0.2, 0) is 27.8 Å². The number of aromatic nitrogens is 1. The number of thiazole rings is 1. The van der Waals surface area contributed by atoms with Gasteiger partial charge in [-0.1, -0.05) is 6.07 Å². The zero-order valence-corrected chi connectivity index (χ0v) is 18.1. The molecule has 0 N–H and O–H groups in total. The lowest BCUT2D eigenvalue weighted by Gasteiger charge is -2.24. The van der Waals surface area contributed by atoms with Crippen LogP contribution in [0.3, 0.4) is 0 Å². The number of carbonyl (C=O) groups is 1. The highest BCUT2D eigenvalue weighted by molar-refractivity contribution is 7.92. The van der Waals surface area contributed by atoms with E-state index in [1.165, 1.54) is 46.8 Å². The molecule has 0 aliphatic carbocycles. The summed E-state index contributed by atoms with van der Waals surface area (Å²) in [5.74, 6) is -0.577. The van der Waals surface area contributed by atoms with E-state index in [9.17, 15) is 17.6 Å². The van der Waals surface area contributed by atoms with Gasteiger partial charge in [0.2, 0.25) is 5.91 Å². The molecule has 2 heterocycles. The van der Waals surface area contributed by atoms with Gasteiger partial charge in [-0.2, -0.15) is 0 Å². The van der Waals surface area contributed by atoms with Crippen molar-refractivity contribution in [2.45, 2.75) is 31.7 Å². The third-order valence-corrected chi connectivity index (χ3v) is 7.60. The number of amides is 1. The van der Waals surface area contributed by atoms with E-state index in [0.717, 1.165) is 10.6 Å². The molecule has 3 aromatic rings. The molecule has 1 aliphatic rings. The number of fused-ring (bicyclic) bond motifs is 1. The van der Waals surface area contributed by atoms with Crippen LogP contribution in [0.5, 0.6) is 0 Å². The van der Waals surface area contributed by atoms with Gasteiger partial charge >= 0.3 is 0 Å². The van der Waals surface area contributed by atoms with E-state index in [0.29, 0.717) is 30.0 Å². The summed E-state index contributed by atoms with van der Waals surface area (Å²) in [6.45, 7) is 3.87. The van der Waals surface area contributed by atoms with Gasteiger partial charge in [0.05, 0.1) is 27.8 Å². The number of hydrogen-bond donors (Lipinski definition) is 0. The highest BCUT2D eigenvalue weighted by atomic mass is 32.2. The monoisotopic (exact) mass is 445 g/mol. The van der Waals surface area contributed by atoms with Crippen molar-refractivity contribution in [3.05, 3.63) is 69.9 Å². The highest BCUT2D eigenvalue weighted by Crippen LogP contribution is 2.33. The molecule has 4 rings (SSSR count). The molecule has 9 heteroatoms. The van der Waals surface area contributed by atoms with E-state index in [1.54, 1.807) is 23.1 Å². The zero-order chi connectivity index (χ0) is 21.5. The fourth-order valence-electron chi connectivity index (χ4n) is 3.52. The first-order chi connectivity index (χ1) is 14.3. The number of hydrogen-bond acceptors (Lipinski definition) is 5. The maximum Gasteiger partial charge on any atom is 0.264 e. The van der Waals surface area contributed by atoms with E-state index in [1.807, 2.05) is 12.3 Å². The summed E-state index contributed by atoms with van der Waals surface area (Å²) in [7, 11) is -3.99. The Hall–Kier alpha value is -2.78. The summed E-state index contributed by atoms with van der Waals surface area (Å²) in [6.07, 6.45) is 0.690. The molecule has 0 saturated carbocycles. The van der Waals surface area contributed by atoms with Crippen molar-refractivity contribution in [1.29, 1.82) is 0 Å². The number of anilines is 2. The van der Waals surface area contributed by atoms with Crippen LogP contribution in [-0.4, -0.2) is 25.9 Å². The van der Waals surface area contributed by atoms with Crippen LogP contribution in [0, 0.1) is 12.7 Å². The molecule has 1 amide bonds. The van der Waals surface area contributed by atoms with Gasteiger partial charge in [0.1, 0.15) is 5.82 Å². The predicted molar refractivity (Wildman–Crippen MR) is 115 cm³/mol.